The maximum Gasteiger partial charge on any atom is 0.140 e. The molecule has 2 heterocycles. The van der Waals surface area contributed by atoms with Gasteiger partial charge in [0.1, 0.15) is 18.6 Å². The molecule has 0 amide bonds. The molecule has 4 unspecified atom stereocenters. The number of hydrogen-bond donors (Lipinski definition) is 3. The van der Waals surface area contributed by atoms with E-state index >= 15 is 0 Å². The van der Waals surface area contributed by atoms with Gasteiger partial charge in [-0.15, -0.1) is 0 Å². The van der Waals surface area contributed by atoms with Gasteiger partial charge in [-0.1, -0.05) is 0 Å². The van der Waals surface area contributed by atoms with E-state index in [0.29, 0.717) is 19.5 Å². The Morgan fingerprint density at radius 2 is 2.42 bits per heavy atom. The van der Waals surface area contributed by atoms with Gasteiger partial charge in [0, 0.05) is 24.8 Å². The molecule has 3 N–H and O–H groups in total. The minimum atomic E-state index is -0.431. The van der Waals surface area contributed by atoms with Crippen molar-refractivity contribution in [1.29, 1.82) is 0 Å². The first-order valence-electron chi connectivity index (χ1n) is 4.21. The predicted octanol–water partition coefficient (Wildman–Crippen LogP) is -1.01. The second kappa shape index (κ2) is 3.16. The van der Waals surface area contributed by atoms with Gasteiger partial charge in [0.05, 0.1) is 0 Å². The summed E-state index contributed by atoms with van der Waals surface area (Å²) in [6, 6.07) is 0. The fourth-order valence-corrected chi connectivity index (χ4v) is 2.15. The average molecular weight is 190 g/mol. The molecule has 0 aromatic rings. The maximum atomic E-state index is 9.61. The first kappa shape index (κ1) is 8.77. The van der Waals surface area contributed by atoms with E-state index in [4.69, 9.17) is 10.5 Å². The van der Waals surface area contributed by atoms with Gasteiger partial charge in [0.2, 0.25) is 0 Å². The van der Waals surface area contributed by atoms with E-state index in [9.17, 15) is 5.11 Å². The van der Waals surface area contributed by atoms with Gasteiger partial charge < -0.3 is 15.6 Å². The summed E-state index contributed by atoms with van der Waals surface area (Å²) in [5.74, 6) is 0. The molecule has 0 bridgehead atoms. The molecule has 70 valence electrons. The topological polar surface area (TPSA) is 62.0 Å². The van der Waals surface area contributed by atoms with Crippen molar-refractivity contribution in [3.8, 4) is 0 Å². The van der Waals surface area contributed by atoms with Gasteiger partial charge in [-0.05, 0) is 0 Å². The third-order valence-corrected chi connectivity index (χ3v) is 2.93. The number of piperidine rings is 1. The molecule has 2 aliphatic rings. The second-order valence-electron chi connectivity index (χ2n) is 3.30. The monoisotopic (exact) mass is 190 g/mol. The van der Waals surface area contributed by atoms with Crippen LogP contribution >= 0.6 is 12.6 Å². The lowest BCUT2D eigenvalue weighted by atomic mass is 10.1. The molecule has 2 saturated heterocycles. The number of epoxide rings is 1. The highest BCUT2D eigenvalue weighted by Gasteiger charge is 2.53. The van der Waals surface area contributed by atoms with Crippen LogP contribution in [0.4, 0.5) is 0 Å². The first-order valence-corrected chi connectivity index (χ1v) is 4.73. The van der Waals surface area contributed by atoms with E-state index in [2.05, 4.69) is 12.6 Å². The van der Waals surface area contributed by atoms with Gasteiger partial charge in [0.25, 0.3) is 0 Å². The van der Waals surface area contributed by atoms with Crippen molar-refractivity contribution < 1.29 is 9.84 Å². The minimum absolute atomic E-state index is 0.0693. The van der Waals surface area contributed by atoms with E-state index in [1.165, 1.54) is 0 Å². The molecule has 4 atom stereocenters. The highest BCUT2D eigenvalue weighted by molar-refractivity contribution is 7.81. The molecule has 12 heavy (non-hydrogen) atoms. The number of rotatable bonds is 2. The zero-order chi connectivity index (χ0) is 8.72. The number of hydrogen-bond acceptors (Lipinski definition) is 5. The van der Waals surface area contributed by atoms with Gasteiger partial charge in [0.15, 0.2) is 0 Å². The fourth-order valence-electron chi connectivity index (χ4n) is 1.74. The van der Waals surface area contributed by atoms with Crippen LogP contribution in [0.2, 0.25) is 0 Å². The Morgan fingerprint density at radius 1 is 1.67 bits per heavy atom. The van der Waals surface area contributed by atoms with E-state index in [-0.39, 0.29) is 17.6 Å². The van der Waals surface area contributed by atoms with E-state index in [1.807, 2.05) is 4.90 Å². The number of nitrogens with two attached hydrogens (primary N) is 1. The zero-order valence-electron chi connectivity index (χ0n) is 6.76. The summed E-state index contributed by atoms with van der Waals surface area (Å²) in [4.78, 5) is 1.90. The van der Waals surface area contributed by atoms with Crippen molar-refractivity contribution in [3.63, 3.8) is 0 Å². The van der Waals surface area contributed by atoms with Crippen LogP contribution in [0.1, 0.15) is 6.42 Å². The van der Waals surface area contributed by atoms with Crippen molar-refractivity contribution in [3.05, 3.63) is 0 Å². The first-order chi connectivity index (χ1) is 5.74. The Balaban J connectivity index is 1.97. The Morgan fingerprint density at radius 3 is 3.08 bits per heavy atom. The molecular formula is C7H14N2O2S. The summed E-state index contributed by atoms with van der Waals surface area (Å²) in [7, 11) is 0. The molecule has 2 rings (SSSR count). The molecule has 0 radical (unpaired) electrons. The fraction of sp³-hybridized carbons (Fsp3) is 1.00. The molecular weight excluding hydrogens is 176 g/mol. The Labute approximate surface area is 77.1 Å². The molecule has 2 aliphatic heterocycles. The normalized spacial score (nSPS) is 47.2. The van der Waals surface area contributed by atoms with Gasteiger partial charge in [-0.2, -0.15) is 12.6 Å². The minimum Gasteiger partial charge on any atom is -0.378 e. The highest BCUT2D eigenvalue weighted by Crippen LogP contribution is 2.39. The van der Waals surface area contributed by atoms with Crippen LogP contribution in [0.25, 0.3) is 0 Å². The Hall–Kier alpha value is 0.190. The maximum absolute atomic E-state index is 9.61. The van der Waals surface area contributed by atoms with Crippen LogP contribution in [0.3, 0.4) is 0 Å². The molecule has 0 saturated carbocycles. The second-order valence-corrected chi connectivity index (χ2v) is 3.96. The molecule has 0 aromatic heterocycles. The average Bonchev–Trinajstić information content (AvgIpc) is 2.77. The van der Waals surface area contributed by atoms with Crippen LogP contribution in [-0.4, -0.2) is 46.9 Å². The van der Waals surface area contributed by atoms with Crippen molar-refractivity contribution >= 4 is 12.6 Å². The van der Waals surface area contributed by atoms with E-state index < -0.39 is 6.23 Å². The van der Waals surface area contributed by atoms with Crippen molar-refractivity contribution in [1.82, 2.24) is 4.90 Å². The zero-order valence-corrected chi connectivity index (χ0v) is 7.65. The van der Waals surface area contributed by atoms with Gasteiger partial charge in [-0.3, -0.25) is 0 Å². The number of likely N-dealkylation sites (tertiary alicyclic amines) is 1. The summed E-state index contributed by atoms with van der Waals surface area (Å²) >= 11 is 4.32. The third-order valence-electron chi connectivity index (χ3n) is 2.43. The van der Waals surface area contributed by atoms with Crippen LogP contribution in [0.5, 0.6) is 0 Å². The SMILES string of the molecule is NCCN1C(O)CC(S)C2OC21. The number of fused-ring (bicyclic) bond motifs is 1. The molecule has 2 fully saturated rings. The van der Waals surface area contributed by atoms with Gasteiger partial charge in [-0.25, -0.2) is 4.90 Å². The smallest absolute Gasteiger partial charge is 0.140 e. The number of aliphatic hydroxyl groups is 1. The van der Waals surface area contributed by atoms with E-state index in [0.717, 1.165) is 0 Å². The molecule has 0 aromatic carbocycles. The predicted molar refractivity (Wildman–Crippen MR) is 47.8 cm³/mol. The summed E-state index contributed by atoms with van der Waals surface area (Å²) in [6.45, 7) is 1.25. The van der Waals surface area contributed by atoms with Crippen LogP contribution in [0, 0.1) is 0 Å². The van der Waals surface area contributed by atoms with Crippen LogP contribution < -0.4 is 5.73 Å². The standard InChI is InChI=1S/C7H14N2O2S/c8-1-2-9-5(10)3-4(12)6-7(9)11-6/h4-7,10,12H,1-3,8H2. The van der Waals surface area contributed by atoms with Gasteiger partial charge >= 0.3 is 0 Å². The lowest BCUT2D eigenvalue weighted by Crippen LogP contribution is -2.47. The Kier molecular flexibility index (Phi) is 2.31. The number of thiol groups is 1. The molecule has 0 spiro atoms. The molecule has 4 nitrogen and oxygen atoms in total. The molecule has 0 aliphatic carbocycles. The van der Waals surface area contributed by atoms with Crippen molar-refractivity contribution in [2.75, 3.05) is 13.1 Å². The lowest BCUT2D eigenvalue weighted by Gasteiger charge is -2.30. The number of nitrogens with zero attached hydrogens (tertiary/aromatic N) is 1. The van der Waals surface area contributed by atoms with Crippen molar-refractivity contribution in [2.24, 2.45) is 5.73 Å². The summed E-state index contributed by atoms with van der Waals surface area (Å²) in [5.41, 5.74) is 5.41. The summed E-state index contributed by atoms with van der Waals surface area (Å²) in [5, 5.41) is 9.79. The molecule has 5 heteroatoms. The van der Waals surface area contributed by atoms with Crippen LogP contribution in [-0.2, 0) is 4.74 Å². The summed E-state index contributed by atoms with van der Waals surface area (Å²) < 4.78 is 5.36. The Bertz CT molecular complexity index is 179. The number of aliphatic hydroxyl groups excluding tert-OH is 1. The quantitative estimate of drug-likeness (QED) is 0.386. The highest BCUT2D eigenvalue weighted by atomic mass is 32.1. The van der Waals surface area contributed by atoms with Crippen molar-refractivity contribution in [2.45, 2.75) is 30.2 Å². The number of ether oxygens (including phenoxy) is 1. The summed E-state index contributed by atoms with van der Waals surface area (Å²) in [6.07, 6.45) is 0.521. The largest absolute Gasteiger partial charge is 0.378 e. The third kappa shape index (κ3) is 1.36. The van der Waals surface area contributed by atoms with Crippen LogP contribution in [0.15, 0.2) is 0 Å². The lowest BCUT2D eigenvalue weighted by molar-refractivity contribution is -0.0322. The van der Waals surface area contributed by atoms with E-state index in [1.54, 1.807) is 0 Å².